The summed E-state index contributed by atoms with van der Waals surface area (Å²) in [7, 11) is 0. The predicted molar refractivity (Wildman–Crippen MR) is 119 cm³/mol. The van der Waals surface area contributed by atoms with E-state index >= 15 is 0 Å². The highest BCUT2D eigenvalue weighted by molar-refractivity contribution is 5.93. The van der Waals surface area contributed by atoms with Gasteiger partial charge in [0.25, 0.3) is 0 Å². The van der Waals surface area contributed by atoms with Crippen molar-refractivity contribution in [2.24, 2.45) is 5.41 Å². The highest BCUT2D eigenvalue weighted by Crippen LogP contribution is 2.62. The third-order valence-electron chi connectivity index (χ3n) is 6.27. The minimum atomic E-state index is -0.444. The molecule has 2 aromatic rings. The van der Waals surface area contributed by atoms with Crippen molar-refractivity contribution in [1.29, 1.82) is 0 Å². The third-order valence-corrected chi connectivity index (χ3v) is 6.27. The number of anilines is 1. The fraction of sp³-hybridized carbons (Fsp3) is 0.458. The lowest BCUT2D eigenvalue weighted by atomic mass is 9.97. The van der Waals surface area contributed by atoms with Crippen molar-refractivity contribution < 1.29 is 19.1 Å². The van der Waals surface area contributed by atoms with Crippen LogP contribution in [0.15, 0.2) is 30.5 Å². The van der Waals surface area contributed by atoms with Crippen LogP contribution in [0.4, 0.5) is 10.6 Å². The van der Waals surface area contributed by atoms with Gasteiger partial charge in [-0.05, 0) is 43.0 Å². The van der Waals surface area contributed by atoms with Crippen molar-refractivity contribution in [3.63, 3.8) is 0 Å². The molecule has 0 spiro atoms. The molecule has 32 heavy (non-hydrogen) atoms. The summed E-state index contributed by atoms with van der Waals surface area (Å²) in [6, 6.07) is 7.31. The van der Waals surface area contributed by atoms with Gasteiger partial charge in [-0.2, -0.15) is 0 Å². The summed E-state index contributed by atoms with van der Waals surface area (Å²) in [6.45, 7) is 8.85. The molecule has 1 aliphatic carbocycles. The number of hydrogen-bond acceptors (Lipinski definition) is 5. The summed E-state index contributed by atoms with van der Waals surface area (Å²) in [4.78, 5) is 28.3. The fourth-order valence-corrected chi connectivity index (χ4v) is 4.51. The van der Waals surface area contributed by atoms with E-state index in [1.54, 1.807) is 6.20 Å². The van der Waals surface area contributed by atoms with Crippen LogP contribution in [0.2, 0.25) is 0 Å². The molecule has 3 atom stereocenters. The summed E-state index contributed by atoms with van der Waals surface area (Å²) < 4.78 is 12.4. The van der Waals surface area contributed by atoms with E-state index in [4.69, 9.17) is 9.47 Å². The molecule has 8 nitrogen and oxygen atoms in total. The topological polar surface area (TPSA) is 102 Å². The average Bonchev–Trinajstić information content (AvgIpc) is 3.14. The van der Waals surface area contributed by atoms with Crippen LogP contribution in [0.3, 0.4) is 0 Å². The number of carbonyl (C=O) groups excluding carboxylic acids is 2. The number of urea groups is 1. The fourth-order valence-electron chi connectivity index (χ4n) is 4.51. The molecular formula is C24H28N4O4. The number of benzene rings is 1. The van der Waals surface area contributed by atoms with E-state index < -0.39 is 5.60 Å². The van der Waals surface area contributed by atoms with Gasteiger partial charge >= 0.3 is 6.03 Å². The molecule has 1 unspecified atom stereocenters. The van der Waals surface area contributed by atoms with E-state index in [0.29, 0.717) is 36.7 Å². The zero-order valence-electron chi connectivity index (χ0n) is 18.7. The monoisotopic (exact) mass is 436 g/mol. The largest absolute Gasteiger partial charge is 0.484 e. The molecule has 3 aliphatic rings. The normalized spacial score (nSPS) is 24.9. The van der Waals surface area contributed by atoms with Crippen molar-refractivity contribution in [3.8, 4) is 17.2 Å². The van der Waals surface area contributed by atoms with Crippen molar-refractivity contribution in [1.82, 2.24) is 15.6 Å². The van der Waals surface area contributed by atoms with Gasteiger partial charge in [0.2, 0.25) is 5.91 Å². The Morgan fingerprint density at radius 2 is 2.12 bits per heavy atom. The van der Waals surface area contributed by atoms with Crippen LogP contribution in [-0.2, 0) is 11.2 Å². The van der Waals surface area contributed by atoms with Crippen LogP contribution in [-0.4, -0.2) is 35.1 Å². The number of pyridine rings is 1. The van der Waals surface area contributed by atoms with E-state index in [0.717, 1.165) is 16.9 Å². The molecule has 8 heteroatoms. The van der Waals surface area contributed by atoms with E-state index in [1.807, 2.05) is 31.2 Å². The second-order valence-electron chi connectivity index (χ2n) is 10.1. The van der Waals surface area contributed by atoms with E-state index in [1.165, 1.54) is 0 Å². The Bertz CT molecular complexity index is 1110. The maximum absolute atomic E-state index is 12.4. The van der Waals surface area contributed by atoms with Gasteiger partial charge in [-0.1, -0.05) is 20.8 Å². The molecule has 0 saturated heterocycles. The standard InChI is InChI=1S/C24H28N4O4/c1-23(2,3)12-26-22(30)28-20-19-15-11-13(5-7-17(15)32-24(19,20)4)31-16-9-10-25-21-14(16)6-8-18(29)27-21/h5,7,9-11,19-20H,6,8,12H2,1-4H3,(H,25,27,29)(H2,26,28,30)/t19-,20-,24?/m0/s1. The molecule has 2 aliphatic heterocycles. The Balaban J connectivity index is 1.31. The molecule has 5 rings (SSSR count). The lowest BCUT2D eigenvalue weighted by Crippen LogP contribution is -2.43. The van der Waals surface area contributed by atoms with Gasteiger partial charge in [0.15, 0.2) is 0 Å². The van der Waals surface area contributed by atoms with Gasteiger partial charge in [0.05, 0.1) is 12.0 Å². The lowest BCUT2D eigenvalue weighted by Gasteiger charge is -2.20. The van der Waals surface area contributed by atoms with Crippen molar-refractivity contribution in [2.75, 3.05) is 11.9 Å². The van der Waals surface area contributed by atoms with Gasteiger partial charge in [-0.3, -0.25) is 4.79 Å². The zero-order valence-corrected chi connectivity index (χ0v) is 18.7. The van der Waals surface area contributed by atoms with E-state index in [-0.39, 0.29) is 29.3 Å². The van der Waals surface area contributed by atoms with Crippen molar-refractivity contribution in [3.05, 3.63) is 41.6 Å². The number of nitrogens with one attached hydrogen (secondary N) is 3. The first-order valence-corrected chi connectivity index (χ1v) is 11.0. The Hall–Kier alpha value is -3.29. The second kappa shape index (κ2) is 7.12. The SMILES string of the molecule is CC(C)(C)CNC(=O)N[C@H]1[C@@H]2c3cc(Oc4ccnc5c4CCC(=O)N5)ccc3OC12C. The molecule has 1 fully saturated rings. The first kappa shape index (κ1) is 20.6. The molecular weight excluding hydrogens is 408 g/mol. The lowest BCUT2D eigenvalue weighted by molar-refractivity contribution is -0.116. The summed E-state index contributed by atoms with van der Waals surface area (Å²) >= 11 is 0. The van der Waals surface area contributed by atoms with Crippen LogP contribution < -0.4 is 25.4 Å². The zero-order chi connectivity index (χ0) is 22.7. The second-order valence-corrected chi connectivity index (χ2v) is 10.1. The van der Waals surface area contributed by atoms with E-state index in [2.05, 4.69) is 41.7 Å². The smallest absolute Gasteiger partial charge is 0.315 e. The minimum Gasteiger partial charge on any atom is -0.484 e. The van der Waals surface area contributed by atoms with Crippen LogP contribution in [0.1, 0.15) is 51.2 Å². The molecule has 1 saturated carbocycles. The van der Waals surface area contributed by atoms with Crippen molar-refractivity contribution in [2.45, 2.75) is 58.1 Å². The number of carbonyl (C=O) groups is 2. The molecule has 168 valence electrons. The maximum Gasteiger partial charge on any atom is 0.315 e. The van der Waals surface area contributed by atoms with Crippen LogP contribution in [0, 0.1) is 5.41 Å². The molecule has 3 heterocycles. The molecule has 0 bridgehead atoms. The van der Waals surface area contributed by atoms with Gasteiger partial charge in [0.1, 0.15) is 28.7 Å². The maximum atomic E-state index is 12.4. The number of aromatic nitrogens is 1. The van der Waals surface area contributed by atoms with Gasteiger partial charge in [-0.25, -0.2) is 9.78 Å². The highest BCUT2D eigenvalue weighted by Gasteiger charge is 2.70. The minimum absolute atomic E-state index is 0.0188. The summed E-state index contributed by atoms with van der Waals surface area (Å²) in [5, 5.41) is 8.79. The number of hydrogen-bond donors (Lipinski definition) is 3. The van der Waals surface area contributed by atoms with Crippen molar-refractivity contribution >= 4 is 17.8 Å². The van der Waals surface area contributed by atoms with Gasteiger partial charge in [-0.15, -0.1) is 0 Å². The molecule has 0 radical (unpaired) electrons. The number of amides is 3. The number of rotatable bonds is 4. The Kier molecular flexibility index (Phi) is 4.58. The Morgan fingerprint density at radius 1 is 1.31 bits per heavy atom. The van der Waals surface area contributed by atoms with E-state index in [9.17, 15) is 9.59 Å². The van der Waals surface area contributed by atoms with Gasteiger partial charge < -0.3 is 25.4 Å². The summed E-state index contributed by atoms with van der Waals surface area (Å²) in [5.74, 6) is 2.79. The van der Waals surface area contributed by atoms with Gasteiger partial charge in [0, 0.05) is 30.3 Å². The first-order valence-electron chi connectivity index (χ1n) is 11.0. The van der Waals surface area contributed by atoms with Crippen LogP contribution in [0.5, 0.6) is 17.2 Å². The molecule has 1 aromatic carbocycles. The molecule has 3 N–H and O–H groups in total. The first-order chi connectivity index (χ1) is 15.1. The quantitative estimate of drug-likeness (QED) is 0.678. The summed E-state index contributed by atoms with van der Waals surface area (Å²) in [5.41, 5.74) is 1.50. The molecule has 1 aromatic heterocycles. The highest BCUT2D eigenvalue weighted by atomic mass is 16.5. The number of fused-ring (bicyclic) bond motifs is 4. The molecule has 3 amide bonds. The Morgan fingerprint density at radius 3 is 2.91 bits per heavy atom. The van der Waals surface area contributed by atoms with Crippen LogP contribution >= 0.6 is 0 Å². The number of ether oxygens (including phenoxy) is 2. The predicted octanol–water partition coefficient (Wildman–Crippen LogP) is 3.72. The summed E-state index contributed by atoms with van der Waals surface area (Å²) in [6.07, 6.45) is 2.64. The third kappa shape index (κ3) is 3.63. The Labute approximate surface area is 187 Å². The van der Waals surface area contributed by atoms with Crippen LogP contribution in [0.25, 0.3) is 0 Å². The average molecular weight is 437 g/mol. The number of nitrogens with zero attached hydrogens (tertiary/aromatic N) is 1.